The molecule has 0 atom stereocenters. The van der Waals surface area contributed by atoms with Crippen LogP contribution >= 0.6 is 0 Å². The minimum absolute atomic E-state index is 0.221. The molecule has 1 aromatic carbocycles. The van der Waals surface area contributed by atoms with Gasteiger partial charge in [-0.1, -0.05) is 31.4 Å². The first-order valence-corrected chi connectivity index (χ1v) is 13.0. The van der Waals surface area contributed by atoms with Crippen molar-refractivity contribution in [1.82, 2.24) is 14.9 Å². The van der Waals surface area contributed by atoms with Gasteiger partial charge in [0, 0.05) is 25.7 Å². The molecular formula is C23H36N4O2S. The number of piperidine rings is 1. The average Bonchev–Trinajstić information content (AvgIpc) is 2.93. The fraction of sp³-hybridized carbons (Fsp3) is 0.696. The van der Waals surface area contributed by atoms with E-state index in [4.69, 9.17) is 4.99 Å². The maximum atomic E-state index is 13.4. The molecule has 0 radical (unpaired) electrons. The molecule has 166 valence electrons. The van der Waals surface area contributed by atoms with Crippen molar-refractivity contribution in [3.63, 3.8) is 0 Å². The Labute approximate surface area is 181 Å². The molecule has 6 nitrogen and oxygen atoms in total. The minimum Gasteiger partial charge on any atom is -0.370 e. The number of amidine groups is 1. The average molecular weight is 433 g/mol. The topological polar surface area (TPSA) is 73.8 Å². The standard InChI is InChI=1S/C23H36N4O2S/c1-18-9-10-19(2)21(17-18)30(28,29)27-15-11-23(12-16-27)22(24-13-6-14-25-23)26-20-7-4-3-5-8-20/h9-10,17,20,25H,3-8,11-16H2,1-2H3,(H,24,26). The van der Waals surface area contributed by atoms with Gasteiger partial charge in [0.15, 0.2) is 0 Å². The van der Waals surface area contributed by atoms with Crippen LogP contribution in [0.1, 0.15) is 62.5 Å². The summed E-state index contributed by atoms with van der Waals surface area (Å²) in [5.41, 5.74) is 1.57. The Morgan fingerprint density at radius 2 is 1.83 bits per heavy atom. The van der Waals surface area contributed by atoms with Crippen molar-refractivity contribution in [3.05, 3.63) is 29.3 Å². The molecule has 0 amide bonds. The molecule has 2 aliphatic heterocycles. The Kier molecular flexibility index (Phi) is 6.51. The number of rotatable bonds is 3. The molecule has 1 aliphatic carbocycles. The van der Waals surface area contributed by atoms with Crippen LogP contribution in [0, 0.1) is 13.8 Å². The van der Waals surface area contributed by atoms with Crippen LogP contribution in [-0.2, 0) is 10.0 Å². The van der Waals surface area contributed by atoms with Gasteiger partial charge < -0.3 is 10.6 Å². The maximum Gasteiger partial charge on any atom is 0.243 e. The zero-order valence-corrected chi connectivity index (χ0v) is 19.2. The number of nitrogens with one attached hydrogen (secondary N) is 2. The highest BCUT2D eigenvalue weighted by Crippen LogP contribution is 2.31. The van der Waals surface area contributed by atoms with E-state index >= 15 is 0 Å². The molecule has 30 heavy (non-hydrogen) atoms. The van der Waals surface area contributed by atoms with Gasteiger partial charge >= 0.3 is 0 Å². The minimum atomic E-state index is -3.48. The molecule has 1 saturated heterocycles. The van der Waals surface area contributed by atoms with Crippen LogP contribution in [0.3, 0.4) is 0 Å². The van der Waals surface area contributed by atoms with Gasteiger partial charge in [-0.15, -0.1) is 0 Å². The molecule has 0 aromatic heterocycles. The van der Waals surface area contributed by atoms with Gasteiger partial charge in [-0.3, -0.25) is 4.99 Å². The number of nitrogens with zero attached hydrogens (tertiary/aromatic N) is 2. The van der Waals surface area contributed by atoms with Crippen molar-refractivity contribution in [2.75, 3.05) is 26.2 Å². The van der Waals surface area contributed by atoms with Crippen LogP contribution in [-0.4, -0.2) is 56.3 Å². The maximum absolute atomic E-state index is 13.4. The first kappa shape index (κ1) is 21.8. The predicted molar refractivity (Wildman–Crippen MR) is 122 cm³/mol. The number of aliphatic imine (C=N–C) groups is 1. The van der Waals surface area contributed by atoms with E-state index in [1.165, 1.54) is 32.1 Å². The number of aryl methyl sites for hydroxylation is 2. The summed E-state index contributed by atoms with van der Waals surface area (Å²) in [6.45, 7) is 6.64. The van der Waals surface area contributed by atoms with Gasteiger partial charge in [0.2, 0.25) is 10.0 Å². The second-order valence-electron chi connectivity index (χ2n) is 9.25. The molecular weight excluding hydrogens is 396 g/mol. The summed E-state index contributed by atoms with van der Waals surface area (Å²) in [5.74, 6) is 1.08. The third-order valence-corrected chi connectivity index (χ3v) is 9.05. The van der Waals surface area contributed by atoms with Gasteiger partial charge in [0.1, 0.15) is 5.84 Å². The van der Waals surface area contributed by atoms with E-state index in [-0.39, 0.29) is 5.54 Å². The third-order valence-electron chi connectivity index (χ3n) is 7.00. The van der Waals surface area contributed by atoms with E-state index in [0.717, 1.165) is 49.3 Å². The number of hydrogen-bond acceptors (Lipinski definition) is 5. The molecule has 1 aromatic rings. The summed E-state index contributed by atoms with van der Waals surface area (Å²) >= 11 is 0. The summed E-state index contributed by atoms with van der Waals surface area (Å²) in [4.78, 5) is 5.39. The molecule has 0 bridgehead atoms. The van der Waals surface area contributed by atoms with E-state index in [0.29, 0.717) is 24.0 Å². The van der Waals surface area contributed by atoms with Gasteiger partial charge in [-0.05, 0) is 69.7 Å². The largest absolute Gasteiger partial charge is 0.370 e. The Hall–Kier alpha value is -1.44. The van der Waals surface area contributed by atoms with E-state index in [9.17, 15) is 8.42 Å². The summed E-state index contributed by atoms with van der Waals surface area (Å²) < 4.78 is 28.4. The lowest BCUT2D eigenvalue weighted by molar-refractivity contribution is 0.245. The molecule has 0 unspecified atom stereocenters. The summed E-state index contributed by atoms with van der Waals surface area (Å²) in [6.07, 6.45) is 8.87. The second kappa shape index (κ2) is 8.97. The van der Waals surface area contributed by atoms with E-state index in [1.807, 2.05) is 26.0 Å². The molecule has 2 fully saturated rings. The molecule has 3 aliphatic rings. The van der Waals surface area contributed by atoms with Crippen molar-refractivity contribution < 1.29 is 8.42 Å². The van der Waals surface area contributed by atoms with Gasteiger partial charge in [-0.25, -0.2) is 8.42 Å². The van der Waals surface area contributed by atoms with Crippen LogP contribution in [0.15, 0.2) is 28.1 Å². The van der Waals surface area contributed by atoms with Gasteiger partial charge in [0.25, 0.3) is 0 Å². The summed E-state index contributed by atoms with van der Waals surface area (Å²) in [6, 6.07) is 6.18. The Bertz CT molecular complexity index is 882. The highest BCUT2D eigenvalue weighted by molar-refractivity contribution is 7.89. The first-order valence-electron chi connectivity index (χ1n) is 11.5. The van der Waals surface area contributed by atoms with Crippen LogP contribution in [0.4, 0.5) is 0 Å². The van der Waals surface area contributed by atoms with Gasteiger partial charge in [-0.2, -0.15) is 4.31 Å². The second-order valence-corrected chi connectivity index (χ2v) is 11.2. The fourth-order valence-corrected chi connectivity index (χ4v) is 6.85. The normalized spacial score (nSPS) is 23.7. The Morgan fingerprint density at radius 1 is 1.10 bits per heavy atom. The van der Waals surface area contributed by atoms with Crippen molar-refractivity contribution in [2.24, 2.45) is 4.99 Å². The molecule has 1 spiro atoms. The fourth-order valence-electron chi connectivity index (χ4n) is 5.10. The highest BCUT2D eigenvalue weighted by atomic mass is 32.2. The molecule has 1 saturated carbocycles. The highest BCUT2D eigenvalue weighted by Gasteiger charge is 2.43. The molecule has 4 rings (SSSR count). The van der Waals surface area contributed by atoms with Crippen LogP contribution < -0.4 is 10.6 Å². The molecule has 2 heterocycles. The smallest absolute Gasteiger partial charge is 0.243 e. The Morgan fingerprint density at radius 3 is 2.57 bits per heavy atom. The summed E-state index contributed by atoms with van der Waals surface area (Å²) in [5, 5.41) is 7.53. The number of benzene rings is 1. The molecule has 7 heteroatoms. The zero-order valence-electron chi connectivity index (χ0n) is 18.4. The monoisotopic (exact) mass is 432 g/mol. The van der Waals surface area contributed by atoms with Crippen LogP contribution in [0.2, 0.25) is 0 Å². The SMILES string of the molecule is Cc1ccc(C)c(S(=O)(=O)N2CCC3(CC2)NCCCN=C3NC2CCCCC2)c1. The third kappa shape index (κ3) is 4.43. The van der Waals surface area contributed by atoms with Crippen molar-refractivity contribution in [1.29, 1.82) is 0 Å². The van der Waals surface area contributed by atoms with Crippen LogP contribution in [0.5, 0.6) is 0 Å². The molecule has 2 N–H and O–H groups in total. The summed E-state index contributed by atoms with van der Waals surface area (Å²) in [7, 11) is -3.48. The first-order chi connectivity index (χ1) is 14.4. The lowest BCUT2D eigenvalue weighted by Crippen LogP contribution is -2.63. The predicted octanol–water partition coefficient (Wildman–Crippen LogP) is 3.14. The quantitative estimate of drug-likeness (QED) is 0.770. The zero-order chi connectivity index (χ0) is 21.2. The Balaban J connectivity index is 1.51. The lowest BCUT2D eigenvalue weighted by atomic mass is 9.85. The van der Waals surface area contributed by atoms with E-state index in [1.54, 1.807) is 10.4 Å². The lowest BCUT2D eigenvalue weighted by Gasteiger charge is -2.43. The van der Waals surface area contributed by atoms with E-state index < -0.39 is 10.0 Å². The van der Waals surface area contributed by atoms with E-state index in [2.05, 4.69) is 10.6 Å². The van der Waals surface area contributed by atoms with Crippen LogP contribution in [0.25, 0.3) is 0 Å². The number of sulfonamides is 1. The van der Waals surface area contributed by atoms with Gasteiger partial charge in [0.05, 0.1) is 10.4 Å². The van der Waals surface area contributed by atoms with Crippen molar-refractivity contribution in [3.8, 4) is 0 Å². The van der Waals surface area contributed by atoms with Crippen molar-refractivity contribution >= 4 is 15.9 Å². The number of hydrogen-bond donors (Lipinski definition) is 2. The van der Waals surface area contributed by atoms with Crippen molar-refractivity contribution in [2.45, 2.75) is 81.7 Å².